The number of nitrogens with zero attached hydrogens (tertiary/aromatic N) is 3. The second-order valence-corrected chi connectivity index (χ2v) is 8.11. The van der Waals surface area contributed by atoms with Gasteiger partial charge in [-0.25, -0.2) is 9.97 Å². The van der Waals surface area contributed by atoms with Crippen LogP contribution in [0.2, 0.25) is 0 Å². The Hall–Kier alpha value is -3.65. The molecule has 0 radical (unpaired) electrons. The maximum atomic E-state index is 12.6. The number of piperidine rings is 1. The minimum atomic E-state index is -0.0432. The van der Waals surface area contributed by atoms with Crippen molar-refractivity contribution in [3.63, 3.8) is 0 Å². The van der Waals surface area contributed by atoms with Crippen molar-refractivity contribution >= 4 is 17.5 Å². The number of carbonyl (C=O) groups is 1. The monoisotopic (exact) mass is 447 g/mol. The van der Waals surface area contributed by atoms with Crippen molar-refractivity contribution in [2.75, 3.05) is 44.9 Å². The molecule has 1 aromatic heterocycles. The number of nitrogen functional groups attached to an aromatic ring is 1. The smallest absolute Gasteiger partial charge is 0.238 e. The number of anilines is 2. The Morgan fingerprint density at radius 3 is 2.42 bits per heavy atom. The van der Waals surface area contributed by atoms with Gasteiger partial charge >= 0.3 is 0 Å². The van der Waals surface area contributed by atoms with Gasteiger partial charge in [-0.05, 0) is 61.3 Å². The first-order valence-electron chi connectivity index (χ1n) is 11.0. The molecule has 2 heterocycles. The fourth-order valence-electron chi connectivity index (χ4n) is 4.21. The van der Waals surface area contributed by atoms with Crippen molar-refractivity contribution in [3.8, 4) is 22.6 Å². The van der Waals surface area contributed by atoms with Gasteiger partial charge < -0.3 is 20.5 Å². The highest BCUT2D eigenvalue weighted by Crippen LogP contribution is 2.34. The van der Waals surface area contributed by atoms with Gasteiger partial charge in [0.2, 0.25) is 11.9 Å². The summed E-state index contributed by atoms with van der Waals surface area (Å²) >= 11 is 0. The Kier molecular flexibility index (Phi) is 7.04. The van der Waals surface area contributed by atoms with E-state index in [0.717, 1.165) is 59.9 Å². The van der Waals surface area contributed by atoms with E-state index < -0.39 is 0 Å². The lowest BCUT2D eigenvalue weighted by atomic mass is 9.90. The number of hydrogen-bond acceptors (Lipinski definition) is 7. The molecular weight excluding hydrogens is 418 g/mol. The molecule has 33 heavy (non-hydrogen) atoms. The third kappa shape index (κ3) is 5.59. The van der Waals surface area contributed by atoms with Crippen LogP contribution in [-0.2, 0) is 4.79 Å². The maximum absolute atomic E-state index is 12.6. The number of methoxy groups -OCH3 is 2. The van der Waals surface area contributed by atoms with Gasteiger partial charge in [0.05, 0.1) is 26.5 Å². The molecule has 0 saturated carbocycles. The normalized spacial score (nSPS) is 16.2. The molecule has 1 atom stereocenters. The Labute approximate surface area is 193 Å². The molecule has 3 aromatic rings. The predicted molar refractivity (Wildman–Crippen MR) is 128 cm³/mol. The molecule has 1 saturated heterocycles. The second kappa shape index (κ2) is 10.3. The second-order valence-electron chi connectivity index (χ2n) is 8.11. The van der Waals surface area contributed by atoms with Crippen molar-refractivity contribution in [1.82, 2.24) is 14.9 Å². The summed E-state index contributed by atoms with van der Waals surface area (Å²) in [6.45, 7) is 1.92. The van der Waals surface area contributed by atoms with Crippen molar-refractivity contribution < 1.29 is 14.3 Å². The number of hydrogen-bond donors (Lipinski definition) is 2. The van der Waals surface area contributed by atoms with Crippen LogP contribution in [0.25, 0.3) is 11.1 Å². The van der Waals surface area contributed by atoms with Crippen LogP contribution in [-0.4, -0.2) is 54.6 Å². The lowest BCUT2D eigenvalue weighted by molar-refractivity contribution is -0.117. The van der Waals surface area contributed by atoms with E-state index in [0.29, 0.717) is 6.54 Å². The van der Waals surface area contributed by atoms with Gasteiger partial charge in [-0.3, -0.25) is 9.69 Å². The summed E-state index contributed by atoms with van der Waals surface area (Å²) in [6.07, 6.45) is 3.75. The minimum absolute atomic E-state index is 0.0432. The summed E-state index contributed by atoms with van der Waals surface area (Å²) in [5.74, 6) is 1.93. The van der Waals surface area contributed by atoms with E-state index in [1.54, 1.807) is 20.4 Å². The third-order valence-corrected chi connectivity index (χ3v) is 5.87. The molecule has 8 heteroatoms. The third-order valence-electron chi connectivity index (χ3n) is 5.87. The highest BCUT2D eigenvalue weighted by Gasteiger charge is 2.26. The van der Waals surface area contributed by atoms with Gasteiger partial charge in [0.1, 0.15) is 11.5 Å². The fraction of sp³-hybridized carbons (Fsp3) is 0.320. The van der Waals surface area contributed by atoms with E-state index in [1.165, 1.54) is 0 Å². The van der Waals surface area contributed by atoms with E-state index in [-0.39, 0.29) is 17.8 Å². The van der Waals surface area contributed by atoms with Gasteiger partial charge in [-0.2, -0.15) is 0 Å². The molecule has 2 aromatic carbocycles. The molecule has 1 amide bonds. The lowest BCUT2D eigenvalue weighted by Gasteiger charge is -2.32. The van der Waals surface area contributed by atoms with Crippen LogP contribution in [0.5, 0.6) is 11.5 Å². The van der Waals surface area contributed by atoms with Crippen molar-refractivity contribution in [2.24, 2.45) is 0 Å². The Balaban J connectivity index is 1.46. The fourth-order valence-corrected chi connectivity index (χ4v) is 4.21. The molecule has 0 aliphatic carbocycles. The van der Waals surface area contributed by atoms with Gasteiger partial charge in [0.15, 0.2) is 0 Å². The average Bonchev–Trinajstić information content (AvgIpc) is 2.84. The quantitative estimate of drug-likeness (QED) is 0.571. The first-order chi connectivity index (χ1) is 16.1. The van der Waals surface area contributed by atoms with E-state index in [4.69, 9.17) is 15.2 Å². The molecule has 8 nitrogen and oxygen atoms in total. The molecule has 1 fully saturated rings. The van der Waals surface area contributed by atoms with Crippen molar-refractivity contribution in [3.05, 3.63) is 60.4 Å². The molecule has 1 aliphatic rings. The molecule has 1 unspecified atom stereocenters. The molecule has 0 bridgehead atoms. The number of benzene rings is 2. The standard InChI is InChI=1S/C25H29N5O3/c1-32-20-9-5-17(6-10-20)22-14-27-25(26)29-24(22)18-4-3-13-30(15-18)16-23(31)28-19-7-11-21(33-2)12-8-19/h5-12,14,18H,3-4,13,15-16H2,1-2H3,(H,28,31)(H2,26,27,29). The maximum Gasteiger partial charge on any atom is 0.238 e. The van der Waals surface area contributed by atoms with Crippen molar-refractivity contribution in [2.45, 2.75) is 18.8 Å². The number of ether oxygens (including phenoxy) is 2. The van der Waals surface area contributed by atoms with Gasteiger partial charge in [0.25, 0.3) is 0 Å². The van der Waals surface area contributed by atoms with Gasteiger partial charge in [0, 0.05) is 29.9 Å². The molecule has 172 valence electrons. The average molecular weight is 448 g/mol. The van der Waals surface area contributed by atoms with Crippen LogP contribution in [0.1, 0.15) is 24.5 Å². The highest BCUT2D eigenvalue weighted by molar-refractivity contribution is 5.92. The van der Waals surface area contributed by atoms with Crippen LogP contribution >= 0.6 is 0 Å². The zero-order chi connectivity index (χ0) is 23.2. The predicted octanol–water partition coefficient (Wildman–Crippen LogP) is 3.56. The van der Waals surface area contributed by atoms with E-state index in [2.05, 4.69) is 20.2 Å². The SMILES string of the molecule is COc1ccc(NC(=O)CN2CCCC(c3nc(N)ncc3-c3ccc(OC)cc3)C2)cc1. The van der Waals surface area contributed by atoms with E-state index >= 15 is 0 Å². The number of nitrogens with one attached hydrogen (secondary N) is 1. The Morgan fingerprint density at radius 1 is 1.09 bits per heavy atom. The number of nitrogens with two attached hydrogens (primary N) is 1. The molecule has 0 spiro atoms. The first-order valence-corrected chi connectivity index (χ1v) is 11.0. The van der Waals surface area contributed by atoms with Gasteiger partial charge in [-0.1, -0.05) is 12.1 Å². The summed E-state index contributed by atoms with van der Waals surface area (Å²) in [7, 11) is 3.26. The molecule has 4 rings (SSSR count). The zero-order valence-corrected chi connectivity index (χ0v) is 19.0. The lowest BCUT2D eigenvalue weighted by Crippen LogP contribution is -2.40. The minimum Gasteiger partial charge on any atom is -0.497 e. The molecule has 1 aliphatic heterocycles. The summed E-state index contributed by atoms with van der Waals surface area (Å²) in [4.78, 5) is 23.6. The zero-order valence-electron chi connectivity index (χ0n) is 19.0. The van der Waals surface area contributed by atoms with Crippen LogP contribution in [0.4, 0.5) is 11.6 Å². The highest BCUT2D eigenvalue weighted by atomic mass is 16.5. The van der Waals surface area contributed by atoms with E-state index in [9.17, 15) is 4.79 Å². The molecular formula is C25H29N5O3. The topological polar surface area (TPSA) is 103 Å². The van der Waals surface area contributed by atoms with Crippen LogP contribution in [0, 0.1) is 0 Å². The van der Waals surface area contributed by atoms with Crippen LogP contribution in [0.3, 0.4) is 0 Å². The number of amides is 1. The number of rotatable bonds is 7. The van der Waals surface area contributed by atoms with Gasteiger partial charge in [-0.15, -0.1) is 0 Å². The largest absolute Gasteiger partial charge is 0.497 e. The van der Waals surface area contributed by atoms with E-state index in [1.807, 2.05) is 48.5 Å². The Bertz CT molecular complexity index is 1090. The number of aromatic nitrogens is 2. The molecule has 3 N–H and O–H groups in total. The summed E-state index contributed by atoms with van der Waals surface area (Å²) in [5.41, 5.74) is 9.60. The summed E-state index contributed by atoms with van der Waals surface area (Å²) < 4.78 is 10.4. The summed E-state index contributed by atoms with van der Waals surface area (Å²) in [5, 5.41) is 2.96. The van der Waals surface area contributed by atoms with Crippen LogP contribution in [0.15, 0.2) is 54.7 Å². The summed E-state index contributed by atoms with van der Waals surface area (Å²) in [6, 6.07) is 15.2. The first kappa shape index (κ1) is 22.5. The number of carbonyl (C=O) groups excluding carboxylic acids is 1. The Morgan fingerprint density at radius 2 is 1.76 bits per heavy atom. The van der Waals surface area contributed by atoms with Crippen LogP contribution < -0.4 is 20.5 Å². The number of likely N-dealkylation sites (tertiary alicyclic amines) is 1. The van der Waals surface area contributed by atoms with Crippen molar-refractivity contribution in [1.29, 1.82) is 0 Å².